The predicted octanol–water partition coefficient (Wildman–Crippen LogP) is 2.87. The molecule has 1 saturated carbocycles. The van der Waals surface area contributed by atoms with Crippen molar-refractivity contribution in [3.63, 3.8) is 0 Å². The molecule has 0 atom stereocenters. The fourth-order valence-corrected chi connectivity index (χ4v) is 3.93. The minimum atomic E-state index is -0.00397. The molecule has 1 aliphatic carbocycles. The van der Waals surface area contributed by atoms with Crippen LogP contribution in [0.1, 0.15) is 48.0 Å². The molecule has 0 aromatic heterocycles. The van der Waals surface area contributed by atoms with E-state index >= 15 is 0 Å². The van der Waals surface area contributed by atoms with Crippen molar-refractivity contribution in [2.75, 3.05) is 33.3 Å². The van der Waals surface area contributed by atoms with Crippen molar-refractivity contribution in [2.45, 2.75) is 39.0 Å². The van der Waals surface area contributed by atoms with Crippen molar-refractivity contribution in [1.82, 2.24) is 9.80 Å². The van der Waals surface area contributed by atoms with Gasteiger partial charge >= 0.3 is 0 Å². The average molecular weight is 344 g/mol. The summed E-state index contributed by atoms with van der Waals surface area (Å²) in [6, 6.07) is 5.67. The summed E-state index contributed by atoms with van der Waals surface area (Å²) in [5.41, 5.74) is 1.65. The number of hydrogen-bond acceptors (Lipinski definition) is 3. The molecule has 0 N–H and O–H groups in total. The lowest BCUT2D eigenvalue weighted by Crippen LogP contribution is -2.39. The van der Waals surface area contributed by atoms with E-state index in [9.17, 15) is 9.59 Å². The highest BCUT2D eigenvalue weighted by atomic mass is 16.5. The van der Waals surface area contributed by atoms with Crippen LogP contribution in [0.5, 0.6) is 5.75 Å². The Morgan fingerprint density at radius 3 is 2.40 bits per heavy atom. The summed E-state index contributed by atoms with van der Waals surface area (Å²) < 4.78 is 5.36. The largest absolute Gasteiger partial charge is 0.496 e. The lowest BCUT2D eigenvalue weighted by atomic mass is 10.1. The number of carbonyl (C=O) groups is 2. The van der Waals surface area contributed by atoms with Crippen LogP contribution in [-0.2, 0) is 4.79 Å². The summed E-state index contributed by atoms with van der Waals surface area (Å²) in [5.74, 6) is 1.11. The van der Waals surface area contributed by atoms with Gasteiger partial charge in [-0.15, -0.1) is 0 Å². The van der Waals surface area contributed by atoms with E-state index in [-0.39, 0.29) is 11.8 Å². The van der Waals surface area contributed by atoms with Crippen LogP contribution in [0.25, 0.3) is 0 Å². The van der Waals surface area contributed by atoms with Gasteiger partial charge in [-0.1, -0.05) is 24.5 Å². The van der Waals surface area contributed by atoms with Gasteiger partial charge in [0.25, 0.3) is 5.91 Å². The quantitative estimate of drug-likeness (QED) is 0.847. The normalized spacial score (nSPS) is 19.0. The Morgan fingerprint density at radius 2 is 1.68 bits per heavy atom. The highest BCUT2D eigenvalue weighted by Crippen LogP contribution is 2.27. The van der Waals surface area contributed by atoms with E-state index in [1.54, 1.807) is 7.11 Å². The number of amides is 2. The number of ether oxygens (including phenoxy) is 1. The van der Waals surface area contributed by atoms with Crippen LogP contribution in [0.2, 0.25) is 0 Å². The van der Waals surface area contributed by atoms with Crippen molar-refractivity contribution < 1.29 is 14.3 Å². The lowest BCUT2D eigenvalue weighted by molar-refractivity contribution is -0.135. The van der Waals surface area contributed by atoms with Gasteiger partial charge in [-0.3, -0.25) is 9.59 Å². The molecule has 1 heterocycles. The number of carbonyl (C=O) groups excluding carboxylic acids is 2. The minimum Gasteiger partial charge on any atom is -0.496 e. The summed E-state index contributed by atoms with van der Waals surface area (Å²) in [4.78, 5) is 29.4. The van der Waals surface area contributed by atoms with Crippen LogP contribution >= 0.6 is 0 Å². The number of benzene rings is 1. The first-order chi connectivity index (χ1) is 12.1. The second-order valence-electron chi connectivity index (χ2n) is 7.16. The molecule has 136 valence electrons. The first-order valence-electron chi connectivity index (χ1n) is 9.33. The van der Waals surface area contributed by atoms with Gasteiger partial charge in [0.15, 0.2) is 0 Å². The Morgan fingerprint density at radius 1 is 1.00 bits per heavy atom. The van der Waals surface area contributed by atoms with Gasteiger partial charge in [0.1, 0.15) is 5.75 Å². The molecule has 2 fully saturated rings. The van der Waals surface area contributed by atoms with Crippen LogP contribution in [-0.4, -0.2) is 54.9 Å². The van der Waals surface area contributed by atoms with Crippen LogP contribution < -0.4 is 4.74 Å². The summed E-state index contributed by atoms with van der Waals surface area (Å²) in [5, 5.41) is 0. The molecule has 0 bridgehead atoms. The van der Waals surface area contributed by atoms with Crippen molar-refractivity contribution in [1.29, 1.82) is 0 Å². The van der Waals surface area contributed by atoms with Crippen LogP contribution in [0.15, 0.2) is 18.2 Å². The third kappa shape index (κ3) is 3.97. The summed E-state index contributed by atoms with van der Waals surface area (Å²) in [6.07, 6.45) is 5.22. The standard InChI is InChI=1S/C20H28N2O3/c1-15-8-9-18(25-2)17(14-15)20(24)22-11-5-10-21(12-13-22)19(23)16-6-3-4-7-16/h8-9,14,16H,3-7,10-13H2,1-2H3. The van der Waals surface area contributed by atoms with Gasteiger partial charge < -0.3 is 14.5 Å². The third-order valence-corrected chi connectivity index (χ3v) is 5.38. The maximum atomic E-state index is 13.0. The van der Waals surface area contributed by atoms with Gasteiger partial charge in [0.05, 0.1) is 12.7 Å². The lowest BCUT2D eigenvalue weighted by Gasteiger charge is -2.25. The van der Waals surface area contributed by atoms with Gasteiger partial charge in [-0.05, 0) is 38.3 Å². The number of rotatable bonds is 3. The fourth-order valence-electron chi connectivity index (χ4n) is 3.93. The molecule has 1 saturated heterocycles. The molecular formula is C20H28N2O3. The van der Waals surface area contributed by atoms with Crippen LogP contribution in [0.4, 0.5) is 0 Å². The predicted molar refractivity (Wildman–Crippen MR) is 96.8 cm³/mol. The molecular weight excluding hydrogens is 316 g/mol. The molecule has 1 aromatic carbocycles. The zero-order valence-electron chi connectivity index (χ0n) is 15.3. The topological polar surface area (TPSA) is 49.9 Å². The van der Waals surface area contributed by atoms with Gasteiger partial charge in [-0.2, -0.15) is 0 Å². The van der Waals surface area contributed by atoms with Crippen molar-refractivity contribution >= 4 is 11.8 Å². The van der Waals surface area contributed by atoms with E-state index in [0.717, 1.165) is 31.4 Å². The van der Waals surface area contributed by atoms with Crippen molar-refractivity contribution in [2.24, 2.45) is 5.92 Å². The maximum absolute atomic E-state index is 13.0. The number of methoxy groups -OCH3 is 1. The Labute approximate surface area is 149 Å². The van der Waals surface area contributed by atoms with Crippen LogP contribution in [0.3, 0.4) is 0 Å². The monoisotopic (exact) mass is 344 g/mol. The molecule has 5 heteroatoms. The van der Waals surface area contributed by atoms with E-state index in [1.165, 1.54) is 12.8 Å². The second-order valence-corrected chi connectivity index (χ2v) is 7.16. The molecule has 3 rings (SSSR count). The van der Waals surface area contributed by atoms with Gasteiger partial charge in [-0.25, -0.2) is 0 Å². The van der Waals surface area contributed by atoms with Gasteiger partial charge in [0, 0.05) is 32.1 Å². The molecule has 1 aliphatic heterocycles. The second kappa shape index (κ2) is 7.89. The Bertz CT molecular complexity index is 638. The Kier molecular flexibility index (Phi) is 5.61. The van der Waals surface area contributed by atoms with E-state index in [1.807, 2.05) is 34.9 Å². The molecule has 0 radical (unpaired) electrons. The highest BCUT2D eigenvalue weighted by molar-refractivity contribution is 5.97. The van der Waals surface area contributed by atoms with E-state index in [0.29, 0.717) is 36.9 Å². The number of hydrogen-bond donors (Lipinski definition) is 0. The SMILES string of the molecule is COc1ccc(C)cc1C(=O)N1CCCN(C(=O)C2CCCC2)CC1. The van der Waals surface area contributed by atoms with Crippen molar-refractivity contribution in [3.8, 4) is 5.75 Å². The molecule has 2 amide bonds. The molecule has 1 aromatic rings. The summed E-state index contributed by atoms with van der Waals surface area (Å²) in [7, 11) is 1.59. The Balaban J connectivity index is 1.67. The van der Waals surface area contributed by atoms with E-state index in [2.05, 4.69) is 0 Å². The highest BCUT2D eigenvalue weighted by Gasteiger charge is 2.29. The molecule has 2 aliphatic rings. The van der Waals surface area contributed by atoms with E-state index in [4.69, 9.17) is 4.74 Å². The number of aryl methyl sites for hydroxylation is 1. The summed E-state index contributed by atoms with van der Waals surface area (Å²) >= 11 is 0. The first-order valence-corrected chi connectivity index (χ1v) is 9.33. The molecule has 0 spiro atoms. The van der Waals surface area contributed by atoms with Gasteiger partial charge in [0.2, 0.25) is 5.91 Å². The zero-order chi connectivity index (χ0) is 17.8. The first kappa shape index (κ1) is 17.8. The zero-order valence-corrected chi connectivity index (χ0v) is 15.3. The molecule has 25 heavy (non-hydrogen) atoms. The van der Waals surface area contributed by atoms with Crippen molar-refractivity contribution in [3.05, 3.63) is 29.3 Å². The molecule has 0 unspecified atom stereocenters. The third-order valence-electron chi connectivity index (χ3n) is 5.38. The van der Waals surface area contributed by atoms with E-state index < -0.39 is 0 Å². The average Bonchev–Trinajstić information content (AvgIpc) is 3.05. The fraction of sp³-hybridized carbons (Fsp3) is 0.600. The number of nitrogens with zero attached hydrogens (tertiary/aromatic N) is 2. The molecule has 5 nitrogen and oxygen atoms in total. The Hall–Kier alpha value is -2.04. The minimum absolute atomic E-state index is 0.00397. The summed E-state index contributed by atoms with van der Waals surface area (Å²) in [6.45, 7) is 4.64. The van der Waals surface area contributed by atoms with Crippen LogP contribution in [0, 0.1) is 12.8 Å². The maximum Gasteiger partial charge on any atom is 0.257 e. The smallest absolute Gasteiger partial charge is 0.257 e.